The Bertz CT molecular complexity index is 2310. The largest absolute Gasteiger partial charge is 0.481 e. The molecule has 9 amide bonds. The summed E-state index contributed by atoms with van der Waals surface area (Å²) < 4.78 is 0. The standard InChI is InChI=1S/C50H88N18O17/c1-3-36(71)57-20-12-10-8-6-4-5-7-9-11-19-37(72)62-32(24-38(73)74)44(81)64-29(16-13-21-58-48(51)52)41(78)61-28(2)40(77)66-33(25-39(75)76)45(82)67-34(26-69)46(83)65-30(17-14-22-59-49(53)54)42(79)63-31(18-15-23-60-50(55)56)43(80)68-35(27-70)47(84)85/h3,28-35,69-70H,1,4-27H2,2H3,(H,57,71)(H,61,78)(H,62,72)(H,63,79)(H,64,81)(H,65,83)(H,66,77)(H,67,82)(H,68,80)(H,73,74)(H,75,76)(H,84,85)(H4,51,52,58)(H4,53,54,59)(H4,55,56,60)/t28-,29-,30-,31-,32-,33-,34-,35-/m0/s1. The Morgan fingerprint density at radius 1 is 0.424 bits per heavy atom. The van der Waals surface area contributed by atoms with Crippen molar-refractivity contribution in [1.29, 1.82) is 0 Å². The number of guanidine groups is 3. The molecule has 0 unspecified atom stereocenters. The summed E-state index contributed by atoms with van der Waals surface area (Å²) in [5.74, 6) is -14.5. The van der Waals surface area contributed by atoms with E-state index in [1.165, 1.54) is 6.08 Å². The molecule has 0 bridgehead atoms. The van der Waals surface area contributed by atoms with Crippen molar-refractivity contribution in [3.8, 4) is 0 Å². The summed E-state index contributed by atoms with van der Waals surface area (Å²) in [6.45, 7) is 2.69. The van der Waals surface area contributed by atoms with Gasteiger partial charge in [-0.05, 0) is 64.4 Å². The molecule has 85 heavy (non-hydrogen) atoms. The van der Waals surface area contributed by atoms with Gasteiger partial charge >= 0.3 is 17.9 Å². The number of carbonyl (C=O) groups excluding carboxylic acids is 9. The molecule has 0 aliphatic heterocycles. The number of nitrogens with two attached hydrogens (primary N) is 6. The number of aliphatic hydroxyl groups is 2. The SMILES string of the molecule is C=CC(=O)NCCCCCCCCCCCC(=O)N[C@@H](CC(=O)O)C(=O)N[C@@H](CCCN=C(N)N)C(=O)N[C@@H](C)C(=O)N[C@@H](CC(=O)O)C(=O)N[C@@H](CO)C(=O)N[C@@H](CCCN=C(N)N)C(=O)N[C@@H](CCCN=C(N)N)C(=O)N[C@@H](CO)C(=O)O. The number of amides is 9. The quantitative estimate of drug-likeness (QED) is 0.0117. The van der Waals surface area contributed by atoms with Crippen LogP contribution in [-0.4, -0.2) is 202 Å². The maximum absolute atomic E-state index is 13.8. The van der Waals surface area contributed by atoms with E-state index in [1.54, 1.807) is 0 Å². The Kier molecular flexibility index (Phi) is 39.2. The lowest BCUT2D eigenvalue weighted by atomic mass is 10.1. The van der Waals surface area contributed by atoms with Crippen LogP contribution in [0, 0.1) is 0 Å². The number of nitrogens with one attached hydrogen (secondary N) is 9. The van der Waals surface area contributed by atoms with E-state index in [1.807, 2.05) is 0 Å². The monoisotopic (exact) mass is 1210 g/mol. The molecule has 8 atom stereocenters. The third kappa shape index (κ3) is 36.3. The van der Waals surface area contributed by atoms with Gasteiger partial charge < -0.3 is 108 Å². The molecule has 0 aliphatic rings. The van der Waals surface area contributed by atoms with E-state index in [4.69, 9.17) is 34.4 Å². The first-order valence-electron chi connectivity index (χ1n) is 27.5. The summed E-state index contributed by atoms with van der Waals surface area (Å²) in [4.78, 5) is 166. The zero-order valence-electron chi connectivity index (χ0n) is 47.8. The average molecular weight is 1210 g/mol. The number of hydrogen-bond donors (Lipinski definition) is 20. The van der Waals surface area contributed by atoms with Crippen LogP contribution in [0.4, 0.5) is 0 Å². The summed E-state index contributed by atoms with van der Waals surface area (Å²) >= 11 is 0. The van der Waals surface area contributed by atoms with Crippen LogP contribution in [0.3, 0.4) is 0 Å². The number of aliphatic carboxylic acids is 3. The summed E-state index contributed by atoms with van der Waals surface area (Å²) in [5, 5.41) is 69.2. The molecule has 480 valence electrons. The molecular weight excluding hydrogens is 1120 g/mol. The Morgan fingerprint density at radius 3 is 1.13 bits per heavy atom. The number of unbranched alkanes of at least 4 members (excludes halogenated alkanes) is 8. The van der Waals surface area contributed by atoms with Crippen molar-refractivity contribution in [1.82, 2.24) is 47.9 Å². The van der Waals surface area contributed by atoms with Gasteiger partial charge in [0.2, 0.25) is 53.2 Å². The van der Waals surface area contributed by atoms with Crippen LogP contribution < -0.4 is 82.3 Å². The van der Waals surface area contributed by atoms with Crippen LogP contribution in [-0.2, 0) is 57.5 Å². The van der Waals surface area contributed by atoms with Crippen molar-refractivity contribution >= 4 is 89.0 Å². The minimum Gasteiger partial charge on any atom is -0.481 e. The van der Waals surface area contributed by atoms with Gasteiger partial charge in [0.05, 0.1) is 26.1 Å². The summed E-state index contributed by atoms with van der Waals surface area (Å²) in [6.07, 6.45) is 6.18. The van der Waals surface area contributed by atoms with Crippen molar-refractivity contribution in [2.45, 2.75) is 171 Å². The maximum Gasteiger partial charge on any atom is 0.328 e. The number of aliphatic imine (C=N–C) groups is 3. The second-order valence-corrected chi connectivity index (χ2v) is 19.4. The predicted molar refractivity (Wildman–Crippen MR) is 307 cm³/mol. The fraction of sp³-hybridized carbons (Fsp3) is 0.660. The molecule has 0 aromatic carbocycles. The van der Waals surface area contributed by atoms with Gasteiger partial charge in [0.15, 0.2) is 17.9 Å². The second-order valence-electron chi connectivity index (χ2n) is 19.4. The number of aliphatic hydroxyl groups excluding tert-OH is 2. The van der Waals surface area contributed by atoms with E-state index in [-0.39, 0.29) is 88.4 Å². The molecule has 0 saturated heterocycles. The third-order valence-corrected chi connectivity index (χ3v) is 12.2. The van der Waals surface area contributed by atoms with Crippen LogP contribution in [0.15, 0.2) is 27.6 Å². The number of nitrogens with zero attached hydrogens (tertiary/aromatic N) is 3. The zero-order chi connectivity index (χ0) is 64.4. The van der Waals surface area contributed by atoms with E-state index < -0.39 is 140 Å². The summed E-state index contributed by atoms with van der Waals surface area (Å²) in [5.41, 5.74) is 32.3. The predicted octanol–water partition coefficient (Wildman–Crippen LogP) is -6.73. The fourth-order valence-corrected chi connectivity index (χ4v) is 7.70. The lowest BCUT2D eigenvalue weighted by Gasteiger charge is -2.26. The Balaban J connectivity index is 6.20. The molecule has 0 saturated carbocycles. The molecule has 0 radical (unpaired) electrons. The van der Waals surface area contributed by atoms with Crippen molar-refractivity contribution in [3.05, 3.63) is 12.7 Å². The first-order chi connectivity index (χ1) is 40.1. The molecule has 0 aromatic heterocycles. The van der Waals surface area contributed by atoms with E-state index in [2.05, 4.69) is 69.4 Å². The van der Waals surface area contributed by atoms with Gasteiger partial charge in [-0.1, -0.05) is 51.5 Å². The molecule has 35 heteroatoms. The average Bonchev–Trinajstić information content (AvgIpc) is 3.63. The topological polar surface area (TPSA) is 607 Å². The van der Waals surface area contributed by atoms with Gasteiger partial charge in [-0.2, -0.15) is 0 Å². The van der Waals surface area contributed by atoms with Gasteiger partial charge in [0.25, 0.3) is 0 Å². The van der Waals surface area contributed by atoms with Crippen LogP contribution in [0.25, 0.3) is 0 Å². The highest BCUT2D eigenvalue weighted by atomic mass is 16.4. The zero-order valence-corrected chi connectivity index (χ0v) is 47.8. The Morgan fingerprint density at radius 2 is 0.753 bits per heavy atom. The first kappa shape index (κ1) is 76.1. The van der Waals surface area contributed by atoms with Gasteiger partial charge in [0.1, 0.15) is 48.3 Å². The lowest BCUT2D eigenvalue weighted by Crippen LogP contribution is -2.60. The molecule has 0 aromatic rings. The van der Waals surface area contributed by atoms with Gasteiger partial charge in [-0.3, -0.25) is 67.7 Å². The number of carboxylic acid groups (broad SMARTS) is 3. The fourth-order valence-electron chi connectivity index (χ4n) is 7.70. The maximum atomic E-state index is 13.8. The third-order valence-electron chi connectivity index (χ3n) is 12.2. The highest BCUT2D eigenvalue weighted by Gasteiger charge is 2.35. The first-order valence-corrected chi connectivity index (χ1v) is 27.5. The smallest absolute Gasteiger partial charge is 0.328 e. The molecule has 35 nitrogen and oxygen atoms in total. The second kappa shape index (κ2) is 43.7. The van der Waals surface area contributed by atoms with Crippen molar-refractivity contribution < 1.29 is 83.1 Å². The number of hydrogen-bond acceptors (Lipinski definition) is 17. The minimum absolute atomic E-state index is 0.0122. The lowest BCUT2D eigenvalue weighted by molar-refractivity contribution is -0.143. The molecule has 0 rings (SSSR count). The van der Waals surface area contributed by atoms with E-state index in [0.29, 0.717) is 19.4 Å². The highest BCUT2D eigenvalue weighted by Crippen LogP contribution is 2.12. The van der Waals surface area contributed by atoms with Gasteiger partial charge in [-0.25, -0.2) is 4.79 Å². The normalized spacial score (nSPS) is 13.5. The van der Waals surface area contributed by atoms with Gasteiger partial charge in [-0.15, -0.1) is 0 Å². The molecule has 26 N–H and O–H groups in total. The van der Waals surface area contributed by atoms with E-state index in [9.17, 15) is 83.1 Å². The number of rotatable bonds is 47. The van der Waals surface area contributed by atoms with Crippen LogP contribution in [0.2, 0.25) is 0 Å². The summed E-state index contributed by atoms with van der Waals surface area (Å²) in [6, 6.07) is -13.7. The number of carboxylic acids is 3. The Labute approximate surface area is 491 Å². The van der Waals surface area contributed by atoms with Crippen molar-refractivity contribution in [2.24, 2.45) is 49.4 Å². The molecule has 0 heterocycles. The van der Waals surface area contributed by atoms with Crippen LogP contribution in [0.5, 0.6) is 0 Å². The Hall–Kier alpha value is -8.89. The van der Waals surface area contributed by atoms with Crippen LogP contribution >= 0.6 is 0 Å². The van der Waals surface area contributed by atoms with Gasteiger partial charge in [0, 0.05) is 32.6 Å². The molecular formula is C50H88N18O17. The van der Waals surface area contributed by atoms with Crippen molar-refractivity contribution in [3.63, 3.8) is 0 Å². The number of carbonyl (C=O) groups is 12. The minimum atomic E-state index is -2.02. The summed E-state index contributed by atoms with van der Waals surface area (Å²) in [7, 11) is 0. The van der Waals surface area contributed by atoms with Crippen molar-refractivity contribution in [2.75, 3.05) is 39.4 Å². The molecule has 0 aliphatic carbocycles. The van der Waals surface area contributed by atoms with E-state index >= 15 is 0 Å². The van der Waals surface area contributed by atoms with Crippen LogP contribution in [0.1, 0.15) is 122 Å². The van der Waals surface area contributed by atoms with E-state index in [0.717, 1.165) is 51.9 Å². The molecule has 0 fully saturated rings. The highest BCUT2D eigenvalue weighted by molar-refractivity contribution is 5.99. The molecule has 0 spiro atoms.